The Hall–Kier alpha value is -3.24. The first kappa shape index (κ1) is 29.3. The van der Waals surface area contributed by atoms with Gasteiger partial charge in [-0.1, -0.05) is 6.07 Å². The van der Waals surface area contributed by atoms with Gasteiger partial charge in [0.15, 0.2) is 0 Å². The van der Waals surface area contributed by atoms with Crippen molar-refractivity contribution >= 4 is 53.8 Å². The van der Waals surface area contributed by atoms with E-state index in [1.807, 2.05) is 36.3 Å². The third-order valence-electron chi connectivity index (χ3n) is 6.68. The van der Waals surface area contributed by atoms with Crippen LogP contribution in [0.4, 0.5) is 10.2 Å². The molecule has 1 aliphatic heterocycles. The maximum atomic E-state index is 14.6. The fourth-order valence-electron chi connectivity index (χ4n) is 4.76. The lowest BCUT2D eigenvalue weighted by Gasteiger charge is -2.22. The smallest absolute Gasteiger partial charge is 0.132 e. The Labute approximate surface area is 238 Å². The molecule has 0 bridgehead atoms. The minimum Gasteiger partial charge on any atom is -0.383 e. The Morgan fingerprint density at radius 1 is 0.842 bits per heavy atom. The number of hydrogen-bond donors (Lipinski definition) is 2. The molecule has 0 radical (unpaired) electrons. The van der Waals surface area contributed by atoms with Crippen molar-refractivity contribution in [2.24, 2.45) is 7.05 Å². The molecule has 5 aromatic rings. The summed E-state index contributed by atoms with van der Waals surface area (Å²) in [7, 11) is 1.85. The first-order valence-electron chi connectivity index (χ1n) is 11.7. The van der Waals surface area contributed by atoms with E-state index in [1.165, 1.54) is 6.07 Å². The van der Waals surface area contributed by atoms with Crippen molar-refractivity contribution in [3.8, 4) is 33.5 Å². The highest BCUT2D eigenvalue weighted by molar-refractivity contribution is 5.98. The second-order valence-electron chi connectivity index (χ2n) is 8.96. The van der Waals surface area contributed by atoms with Gasteiger partial charge in [-0.2, -0.15) is 10.2 Å². The number of aryl methyl sites for hydroxylation is 1. The summed E-state index contributed by atoms with van der Waals surface area (Å²) in [5.74, 6) is 0.0440. The van der Waals surface area contributed by atoms with Crippen molar-refractivity contribution < 1.29 is 4.39 Å². The highest BCUT2D eigenvalue weighted by Crippen LogP contribution is 2.35. The number of nitrogen functional groups attached to an aromatic ring is 1. The number of benzene rings is 1. The van der Waals surface area contributed by atoms with Gasteiger partial charge in [0.25, 0.3) is 0 Å². The number of aromatic nitrogens is 6. The van der Waals surface area contributed by atoms with Crippen LogP contribution in [0.1, 0.15) is 18.9 Å². The van der Waals surface area contributed by atoms with E-state index in [9.17, 15) is 4.39 Å². The fourth-order valence-corrected chi connectivity index (χ4v) is 4.76. The molecule has 200 valence electrons. The molecular formula is C26H28Cl3FN8. The van der Waals surface area contributed by atoms with Crippen molar-refractivity contribution in [1.29, 1.82) is 0 Å². The van der Waals surface area contributed by atoms with Crippen molar-refractivity contribution in [1.82, 2.24) is 34.8 Å². The van der Waals surface area contributed by atoms with Gasteiger partial charge in [0.1, 0.15) is 11.6 Å². The van der Waals surface area contributed by atoms with Crippen LogP contribution in [0.25, 0.3) is 44.3 Å². The molecule has 0 aliphatic carbocycles. The molecule has 0 unspecified atom stereocenters. The predicted molar refractivity (Wildman–Crippen MR) is 156 cm³/mol. The SMILES string of the molecule is Cl.Cl.Cl.Cn1cc(-c2ccc(F)c3cnc(-c4cc(-c5cnn(C6CCNCC6)c5)cnc4N)cc23)cn1. The Morgan fingerprint density at radius 2 is 1.61 bits per heavy atom. The Morgan fingerprint density at radius 3 is 2.34 bits per heavy atom. The molecule has 6 rings (SSSR count). The zero-order valence-corrected chi connectivity index (χ0v) is 23.0. The zero-order chi connectivity index (χ0) is 23.9. The summed E-state index contributed by atoms with van der Waals surface area (Å²) in [6.45, 7) is 2.01. The number of nitrogens with two attached hydrogens (primary N) is 1. The average Bonchev–Trinajstić information content (AvgIpc) is 3.55. The van der Waals surface area contributed by atoms with Gasteiger partial charge in [-0.25, -0.2) is 9.37 Å². The molecule has 1 aromatic carbocycles. The first-order valence-corrected chi connectivity index (χ1v) is 11.7. The maximum Gasteiger partial charge on any atom is 0.132 e. The van der Waals surface area contributed by atoms with Crippen LogP contribution in [0.5, 0.6) is 0 Å². The fraction of sp³-hybridized carbons (Fsp3) is 0.231. The maximum absolute atomic E-state index is 14.6. The highest BCUT2D eigenvalue weighted by atomic mass is 35.5. The molecule has 4 aromatic heterocycles. The number of halogens is 4. The largest absolute Gasteiger partial charge is 0.383 e. The Balaban J connectivity index is 0.00000133. The number of anilines is 1. The normalized spacial score (nSPS) is 13.4. The van der Waals surface area contributed by atoms with Gasteiger partial charge in [-0.3, -0.25) is 14.3 Å². The molecule has 5 heterocycles. The summed E-state index contributed by atoms with van der Waals surface area (Å²) < 4.78 is 18.4. The Kier molecular flexibility index (Phi) is 9.32. The van der Waals surface area contributed by atoms with Gasteiger partial charge in [-0.05, 0) is 55.1 Å². The van der Waals surface area contributed by atoms with Crippen LogP contribution < -0.4 is 11.1 Å². The lowest BCUT2D eigenvalue weighted by atomic mass is 9.99. The summed E-state index contributed by atoms with van der Waals surface area (Å²) in [6.07, 6.45) is 13.0. The minimum atomic E-state index is -0.322. The van der Waals surface area contributed by atoms with E-state index >= 15 is 0 Å². The average molecular weight is 578 g/mol. The minimum absolute atomic E-state index is 0. The quantitative estimate of drug-likeness (QED) is 0.294. The van der Waals surface area contributed by atoms with E-state index in [-0.39, 0.29) is 43.0 Å². The molecule has 0 amide bonds. The van der Waals surface area contributed by atoms with Crippen molar-refractivity contribution in [2.45, 2.75) is 18.9 Å². The third-order valence-corrected chi connectivity index (χ3v) is 6.68. The van der Waals surface area contributed by atoms with Gasteiger partial charge in [0.2, 0.25) is 0 Å². The molecule has 1 aliphatic rings. The lowest BCUT2D eigenvalue weighted by molar-refractivity contribution is 0.343. The van der Waals surface area contributed by atoms with Crippen molar-refractivity contribution in [3.05, 3.63) is 67.3 Å². The predicted octanol–water partition coefficient (Wildman–Crippen LogP) is 5.47. The van der Waals surface area contributed by atoms with Gasteiger partial charge in [-0.15, -0.1) is 37.2 Å². The van der Waals surface area contributed by atoms with Gasteiger partial charge in [0.05, 0.1) is 24.1 Å². The summed E-state index contributed by atoms with van der Waals surface area (Å²) in [6, 6.07) is 7.47. The van der Waals surface area contributed by atoms with Crippen LogP contribution in [0.2, 0.25) is 0 Å². The topological polar surface area (TPSA) is 99.5 Å². The van der Waals surface area contributed by atoms with Crippen LogP contribution in [-0.2, 0) is 7.05 Å². The summed E-state index contributed by atoms with van der Waals surface area (Å²) in [4.78, 5) is 8.98. The van der Waals surface area contributed by atoms with Gasteiger partial charge < -0.3 is 11.1 Å². The number of nitrogens with one attached hydrogen (secondary N) is 1. The third kappa shape index (κ3) is 5.47. The van der Waals surface area contributed by atoms with Crippen LogP contribution in [0.3, 0.4) is 0 Å². The van der Waals surface area contributed by atoms with Gasteiger partial charge in [0, 0.05) is 59.5 Å². The lowest BCUT2D eigenvalue weighted by Crippen LogP contribution is -2.29. The zero-order valence-electron chi connectivity index (χ0n) is 20.5. The molecule has 1 saturated heterocycles. The molecule has 8 nitrogen and oxygen atoms in total. The van der Waals surface area contributed by atoms with Crippen molar-refractivity contribution in [2.75, 3.05) is 18.8 Å². The summed E-state index contributed by atoms with van der Waals surface area (Å²) >= 11 is 0. The summed E-state index contributed by atoms with van der Waals surface area (Å²) in [5.41, 5.74) is 11.3. The molecular weight excluding hydrogens is 550 g/mol. The molecule has 3 N–H and O–H groups in total. The van der Waals surface area contributed by atoms with Crippen LogP contribution in [0, 0.1) is 5.82 Å². The standard InChI is InChI=1S/C26H25FN8.3ClH/c1-34-14-18(12-32-34)20-2-3-24(27)23-13-30-25(9-21(20)23)22-8-16(10-31-26(22)28)17-11-33-35(15-17)19-4-6-29-7-5-19;;;/h2-3,8-15,19,29H,4-7H2,1H3,(H2,28,31);3*1H. The first-order chi connectivity index (χ1) is 17.1. The van der Waals surface area contributed by atoms with Gasteiger partial charge >= 0.3 is 0 Å². The van der Waals surface area contributed by atoms with Crippen LogP contribution >= 0.6 is 37.2 Å². The van der Waals surface area contributed by atoms with E-state index < -0.39 is 0 Å². The molecule has 0 atom stereocenters. The molecule has 0 saturated carbocycles. The molecule has 1 fully saturated rings. The number of pyridine rings is 2. The number of piperidine rings is 1. The monoisotopic (exact) mass is 576 g/mol. The van der Waals surface area contributed by atoms with E-state index in [2.05, 4.69) is 31.7 Å². The second-order valence-corrected chi connectivity index (χ2v) is 8.96. The highest BCUT2D eigenvalue weighted by Gasteiger charge is 2.18. The molecule has 38 heavy (non-hydrogen) atoms. The van der Waals surface area contributed by atoms with Crippen LogP contribution in [0.15, 0.2) is 61.4 Å². The Bertz CT molecular complexity index is 1550. The van der Waals surface area contributed by atoms with Crippen molar-refractivity contribution in [3.63, 3.8) is 0 Å². The number of rotatable bonds is 4. The van der Waals surface area contributed by atoms with E-state index in [1.54, 1.807) is 29.3 Å². The summed E-state index contributed by atoms with van der Waals surface area (Å²) in [5, 5.41) is 13.4. The van der Waals surface area contributed by atoms with E-state index in [0.29, 0.717) is 28.5 Å². The van der Waals surface area contributed by atoms with Crippen LogP contribution in [-0.4, -0.2) is 42.6 Å². The van der Waals surface area contributed by atoms with E-state index in [0.717, 1.165) is 53.6 Å². The molecule has 0 spiro atoms. The second kappa shape index (κ2) is 12.1. The van der Waals surface area contributed by atoms with E-state index in [4.69, 9.17) is 5.73 Å². The number of nitrogens with zero attached hydrogens (tertiary/aromatic N) is 6. The number of fused-ring (bicyclic) bond motifs is 1. The number of hydrogen-bond acceptors (Lipinski definition) is 6. The molecule has 12 heteroatoms.